The van der Waals surface area contributed by atoms with Crippen molar-refractivity contribution in [2.24, 2.45) is 0 Å². The van der Waals surface area contributed by atoms with Gasteiger partial charge in [-0.25, -0.2) is 9.59 Å². The molecule has 1 unspecified atom stereocenters. The van der Waals surface area contributed by atoms with Crippen molar-refractivity contribution in [2.75, 3.05) is 17.7 Å². The Morgan fingerprint density at radius 3 is 2.19 bits per heavy atom. The summed E-state index contributed by atoms with van der Waals surface area (Å²) in [5.41, 5.74) is -3.57. The number of urea groups is 1. The zero-order chi connectivity index (χ0) is 20.2. The molecule has 6 nitrogen and oxygen atoms in total. The number of carbonyl (C=O) groups is 2. The van der Waals surface area contributed by atoms with E-state index in [0.717, 1.165) is 25.3 Å². The van der Waals surface area contributed by atoms with Gasteiger partial charge in [-0.1, -0.05) is 30.3 Å². The summed E-state index contributed by atoms with van der Waals surface area (Å²) < 4.78 is 44.0. The molecule has 2 aromatic carbocycles. The molecule has 0 saturated heterocycles. The van der Waals surface area contributed by atoms with Crippen LogP contribution in [-0.4, -0.2) is 30.4 Å². The molecule has 0 aliphatic heterocycles. The normalized spacial score (nSPS) is 13.4. The highest BCUT2D eigenvalue weighted by Crippen LogP contribution is 2.40. The summed E-state index contributed by atoms with van der Waals surface area (Å²) in [5, 5.41) is 15.0. The fourth-order valence-corrected chi connectivity index (χ4v) is 2.38. The molecule has 144 valence electrons. The number of benzene rings is 2. The van der Waals surface area contributed by atoms with Crippen molar-refractivity contribution < 1.29 is 32.6 Å². The molecular formula is C18H17F3N2O4. The van der Waals surface area contributed by atoms with Crippen LogP contribution >= 0.6 is 0 Å². The fourth-order valence-electron chi connectivity index (χ4n) is 2.38. The first-order chi connectivity index (χ1) is 12.6. The molecule has 9 heteroatoms. The van der Waals surface area contributed by atoms with Crippen molar-refractivity contribution >= 4 is 23.4 Å². The van der Waals surface area contributed by atoms with E-state index in [4.69, 9.17) is 0 Å². The molecule has 0 radical (unpaired) electrons. The lowest BCUT2D eigenvalue weighted by Gasteiger charge is -2.28. The molecule has 0 heterocycles. The van der Waals surface area contributed by atoms with Gasteiger partial charge in [0.25, 0.3) is 5.60 Å². The monoisotopic (exact) mass is 382 g/mol. The van der Waals surface area contributed by atoms with Crippen molar-refractivity contribution in [1.29, 1.82) is 0 Å². The third-order valence-electron chi connectivity index (χ3n) is 3.82. The lowest BCUT2D eigenvalue weighted by atomic mass is 9.91. The third-order valence-corrected chi connectivity index (χ3v) is 3.82. The smallest absolute Gasteiger partial charge is 0.432 e. The van der Waals surface area contributed by atoms with E-state index in [1.165, 1.54) is 6.92 Å². The minimum atomic E-state index is -5.29. The number of hydrogen-bond acceptors (Lipinski definition) is 4. The van der Waals surface area contributed by atoms with E-state index < -0.39 is 29.3 Å². The molecule has 3 N–H and O–H groups in total. The Hall–Kier alpha value is -3.07. The molecule has 0 fully saturated rings. The SMILES string of the molecule is COC(=O)C(O)(c1ccc(NC(=O)Nc2ccccc2)c(C)c1)C(F)(F)F. The van der Waals surface area contributed by atoms with E-state index in [-0.39, 0.29) is 11.3 Å². The number of aryl methyl sites for hydroxylation is 1. The van der Waals surface area contributed by atoms with Crippen molar-refractivity contribution in [3.63, 3.8) is 0 Å². The summed E-state index contributed by atoms with van der Waals surface area (Å²) in [6, 6.07) is 11.0. The van der Waals surface area contributed by atoms with Crippen LogP contribution in [0.2, 0.25) is 0 Å². The van der Waals surface area contributed by atoms with Crippen molar-refractivity contribution in [3.05, 3.63) is 59.7 Å². The largest absolute Gasteiger partial charge is 0.466 e. The van der Waals surface area contributed by atoms with Crippen LogP contribution in [0.3, 0.4) is 0 Å². The molecule has 0 aromatic heterocycles. The van der Waals surface area contributed by atoms with Crippen LogP contribution in [0.15, 0.2) is 48.5 Å². The highest BCUT2D eigenvalue weighted by molar-refractivity contribution is 6.00. The molecule has 2 aromatic rings. The molecule has 0 spiro atoms. The Morgan fingerprint density at radius 2 is 1.67 bits per heavy atom. The zero-order valence-electron chi connectivity index (χ0n) is 14.4. The summed E-state index contributed by atoms with van der Waals surface area (Å²) in [6.07, 6.45) is -5.29. The van der Waals surface area contributed by atoms with Gasteiger partial charge in [-0.15, -0.1) is 0 Å². The van der Waals surface area contributed by atoms with Gasteiger partial charge in [-0.05, 0) is 30.7 Å². The van der Waals surface area contributed by atoms with E-state index in [1.54, 1.807) is 30.3 Å². The van der Waals surface area contributed by atoms with Gasteiger partial charge in [0.1, 0.15) is 0 Å². The summed E-state index contributed by atoms with van der Waals surface area (Å²) in [7, 11) is 0.746. The molecular weight excluding hydrogens is 365 g/mol. The Balaban J connectivity index is 2.26. The van der Waals surface area contributed by atoms with Gasteiger partial charge in [0, 0.05) is 16.9 Å². The number of esters is 1. The van der Waals surface area contributed by atoms with E-state index >= 15 is 0 Å². The number of methoxy groups -OCH3 is 1. The first-order valence-electron chi connectivity index (χ1n) is 7.71. The molecule has 0 bridgehead atoms. The molecule has 27 heavy (non-hydrogen) atoms. The van der Waals surface area contributed by atoms with Crippen LogP contribution in [0.4, 0.5) is 29.3 Å². The molecule has 0 aliphatic carbocycles. The van der Waals surface area contributed by atoms with Gasteiger partial charge in [0.15, 0.2) is 0 Å². The van der Waals surface area contributed by atoms with Gasteiger partial charge in [0.2, 0.25) is 0 Å². The lowest BCUT2D eigenvalue weighted by Crippen LogP contribution is -2.49. The number of alkyl halides is 3. The van der Waals surface area contributed by atoms with Crippen LogP contribution in [0, 0.1) is 6.92 Å². The number of rotatable bonds is 4. The maximum Gasteiger partial charge on any atom is 0.432 e. The minimum absolute atomic E-state index is 0.210. The van der Waals surface area contributed by atoms with Gasteiger partial charge in [-0.2, -0.15) is 13.2 Å². The van der Waals surface area contributed by atoms with Gasteiger partial charge in [0.05, 0.1) is 7.11 Å². The number of ether oxygens (including phenoxy) is 1. The quantitative estimate of drug-likeness (QED) is 0.706. The van der Waals surface area contributed by atoms with E-state index in [9.17, 15) is 27.9 Å². The standard InChI is InChI=1S/C18H17F3N2O4/c1-11-10-12(17(26,15(24)27-2)18(19,20)21)8-9-14(11)23-16(25)22-13-6-4-3-5-7-13/h3-10,26H,1-2H3,(H2,22,23,25). The Morgan fingerprint density at radius 1 is 1.04 bits per heavy atom. The van der Waals surface area contributed by atoms with Gasteiger partial charge in [-0.3, -0.25) is 0 Å². The van der Waals surface area contributed by atoms with Crippen LogP contribution < -0.4 is 10.6 Å². The summed E-state index contributed by atoms with van der Waals surface area (Å²) in [4.78, 5) is 23.6. The first kappa shape index (κ1) is 20.2. The van der Waals surface area contributed by atoms with Crippen molar-refractivity contribution in [2.45, 2.75) is 18.7 Å². The Kier molecular flexibility index (Phi) is 5.75. The van der Waals surface area contributed by atoms with Crippen LogP contribution in [0.25, 0.3) is 0 Å². The topological polar surface area (TPSA) is 87.7 Å². The van der Waals surface area contributed by atoms with Crippen LogP contribution in [0.1, 0.15) is 11.1 Å². The number of anilines is 2. The molecule has 0 saturated carbocycles. The molecule has 2 rings (SSSR count). The van der Waals surface area contributed by atoms with E-state index in [0.29, 0.717) is 5.69 Å². The number of aliphatic hydroxyl groups is 1. The molecule has 1 atom stereocenters. The maximum absolute atomic E-state index is 13.3. The predicted octanol–water partition coefficient (Wildman–Crippen LogP) is 3.56. The summed E-state index contributed by atoms with van der Waals surface area (Å²) >= 11 is 0. The van der Waals surface area contributed by atoms with Crippen molar-refractivity contribution in [1.82, 2.24) is 0 Å². The first-order valence-corrected chi connectivity index (χ1v) is 7.71. The lowest BCUT2D eigenvalue weighted by molar-refractivity contribution is -0.266. The average Bonchev–Trinajstić information content (AvgIpc) is 2.61. The number of para-hydroxylation sites is 1. The Bertz CT molecular complexity index is 840. The molecule has 0 aliphatic rings. The second-order valence-corrected chi connectivity index (χ2v) is 5.67. The second kappa shape index (κ2) is 7.67. The van der Waals surface area contributed by atoms with Crippen LogP contribution in [-0.2, 0) is 15.1 Å². The maximum atomic E-state index is 13.3. The minimum Gasteiger partial charge on any atom is -0.466 e. The Labute approximate surface area is 153 Å². The van der Waals surface area contributed by atoms with Crippen molar-refractivity contribution in [3.8, 4) is 0 Å². The van der Waals surface area contributed by atoms with Gasteiger partial charge >= 0.3 is 18.2 Å². The third kappa shape index (κ3) is 4.20. The van der Waals surface area contributed by atoms with Crippen LogP contribution in [0.5, 0.6) is 0 Å². The van der Waals surface area contributed by atoms with E-state index in [1.807, 2.05) is 0 Å². The number of halogens is 3. The number of amides is 2. The average molecular weight is 382 g/mol. The zero-order valence-corrected chi connectivity index (χ0v) is 14.4. The molecule has 2 amide bonds. The number of carbonyl (C=O) groups excluding carboxylic acids is 2. The predicted molar refractivity (Wildman–Crippen MR) is 92.2 cm³/mol. The number of nitrogens with one attached hydrogen (secondary N) is 2. The second-order valence-electron chi connectivity index (χ2n) is 5.67. The summed E-state index contributed by atoms with van der Waals surface area (Å²) in [5.74, 6) is -1.85. The highest BCUT2D eigenvalue weighted by atomic mass is 19.4. The number of hydrogen-bond donors (Lipinski definition) is 3. The highest BCUT2D eigenvalue weighted by Gasteiger charge is 2.62. The van der Waals surface area contributed by atoms with E-state index in [2.05, 4.69) is 15.4 Å². The summed E-state index contributed by atoms with van der Waals surface area (Å²) in [6.45, 7) is 1.43. The fraction of sp³-hybridized carbons (Fsp3) is 0.222. The van der Waals surface area contributed by atoms with Gasteiger partial charge < -0.3 is 20.5 Å².